The van der Waals surface area contributed by atoms with Crippen LogP contribution in [-0.4, -0.2) is 45.6 Å². The summed E-state index contributed by atoms with van der Waals surface area (Å²) in [5, 5.41) is 7.46. The summed E-state index contributed by atoms with van der Waals surface area (Å²) in [6, 6.07) is 18.6. The average Bonchev–Trinajstić information content (AvgIpc) is 3.20. The van der Waals surface area contributed by atoms with E-state index in [4.69, 9.17) is 0 Å². The lowest BCUT2D eigenvalue weighted by Gasteiger charge is -2.15. The summed E-state index contributed by atoms with van der Waals surface area (Å²) in [6.45, 7) is 1.71. The molecule has 0 spiro atoms. The molecule has 4 rings (SSSR count). The molecule has 2 aromatic carbocycles. The number of anilines is 1. The molecule has 0 bridgehead atoms. The Kier molecular flexibility index (Phi) is 6.38. The third-order valence-corrected chi connectivity index (χ3v) is 6.26. The third kappa shape index (κ3) is 4.38. The maximum atomic E-state index is 13.5. The van der Waals surface area contributed by atoms with Crippen molar-refractivity contribution in [2.45, 2.75) is 6.92 Å². The van der Waals surface area contributed by atoms with E-state index in [1.807, 2.05) is 60.7 Å². The fourth-order valence-corrected chi connectivity index (χ4v) is 4.52. The number of hydrogen-bond donors (Lipinski definition) is 1. The molecular formula is C25H23N5O3S. The molecule has 2 amide bonds. The SMILES string of the molecule is Cc1nc(NC(=O)c2c(-c3ccccc3)c(-c3ccccc3)nn(C)c2=O)sc1C(=O)N(C)C. The number of benzene rings is 2. The summed E-state index contributed by atoms with van der Waals surface area (Å²) in [5.74, 6) is -0.816. The van der Waals surface area contributed by atoms with Crippen LogP contribution < -0.4 is 10.9 Å². The van der Waals surface area contributed by atoms with Crippen molar-refractivity contribution in [2.24, 2.45) is 7.05 Å². The highest BCUT2D eigenvalue weighted by atomic mass is 32.1. The van der Waals surface area contributed by atoms with Crippen LogP contribution in [0.4, 0.5) is 5.13 Å². The molecular weight excluding hydrogens is 450 g/mol. The Morgan fingerprint density at radius 1 is 0.971 bits per heavy atom. The van der Waals surface area contributed by atoms with Crippen molar-refractivity contribution >= 4 is 28.3 Å². The van der Waals surface area contributed by atoms with Crippen molar-refractivity contribution in [1.29, 1.82) is 0 Å². The lowest BCUT2D eigenvalue weighted by Crippen LogP contribution is -2.31. The van der Waals surface area contributed by atoms with Gasteiger partial charge in [0.05, 0.1) is 11.4 Å². The van der Waals surface area contributed by atoms with Gasteiger partial charge in [0.2, 0.25) is 0 Å². The fourth-order valence-electron chi connectivity index (χ4n) is 3.54. The standard InChI is InChI=1S/C25H23N5O3S/c1-15-21(24(33)29(2)3)34-25(26-15)27-22(31)19-18(16-11-7-5-8-12-16)20(28-30(4)23(19)32)17-13-9-6-10-14-17/h5-14H,1-4H3,(H,26,27,31). The fraction of sp³-hybridized carbons (Fsp3) is 0.160. The number of thiazole rings is 1. The van der Waals surface area contributed by atoms with E-state index in [9.17, 15) is 14.4 Å². The molecule has 0 fully saturated rings. The van der Waals surface area contributed by atoms with E-state index in [0.717, 1.165) is 21.6 Å². The van der Waals surface area contributed by atoms with Gasteiger partial charge in [-0.2, -0.15) is 5.10 Å². The van der Waals surface area contributed by atoms with E-state index in [1.165, 1.54) is 11.9 Å². The van der Waals surface area contributed by atoms with Crippen LogP contribution in [0.2, 0.25) is 0 Å². The van der Waals surface area contributed by atoms with Crippen LogP contribution in [0.5, 0.6) is 0 Å². The zero-order chi connectivity index (χ0) is 24.4. The first-order valence-corrected chi connectivity index (χ1v) is 11.3. The molecule has 2 aromatic heterocycles. The number of carbonyl (C=O) groups is 2. The lowest BCUT2D eigenvalue weighted by atomic mass is 9.95. The molecule has 0 aliphatic carbocycles. The first-order valence-electron chi connectivity index (χ1n) is 10.5. The Hall–Kier alpha value is -4.11. The zero-order valence-corrected chi connectivity index (χ0v) is 20.0. The number of aromatic nitrogens is 3. The van der Waals surface area contributed by atoms with E-state index in [2.05, 4.69) is 15.4 Å². The van der Waals surface area contributed by atoms with Gasteiger partial charge in [-0.25, -0.2) is 9.67 Å². The summed E-state index contributed by atoms with van der Waals surface area (Å²) >= 11 is 1.07. The first kappa shape index (κ1) is 23.1. The van der Waals surface area contributed by atoms with Gasteiger partial charge >= 0.3 is 0 Å². The Balaban J connectivity index is 1.87. The molecule has 2 heterocycles. The maximum Gasteiger partial charge on any atom is 0.280 e. The van der Waals surface area contributed by atoms with Gasteiger partial charge in [0.15, 0.2) is 5.13 Å². The summed E-state index contributed by atoms with van der Waals surface area (Å²) in [4.78, 5) is 45.3. The average molecular weight is 474 g/mol. The molecule has 34 heavy (non-hydrogen) atoms. The Bertz CT molecular complexity index is 1430. The van der Waals surface area contributed by atoms with Gasteiger partial charge in [0.1, 0.15) is 10.4 Å². The highest BCUT2D eigenvalue weighted by molar-refractivity contribution is 7.17. The van der Waals surface area contributed by atoms with Crippen molar-refractivity contribution in [3.8, 4) is 22.4 Å². The highest BCUT2D eigenvalue weighted by Crippen LogP contribution is 2.32. The van der Waals surface area contributed by atoms with E-state index in [1.54, 1.807) is 21.0 Å². The third-order valence-electron chi connectivity index (χ3n) is 5.20. The maximum absolute atomic E-state index is 13.5. The van der Waals surface area contributed by atoms with Gasteiger partial charge < -0.3 is 4.90 Å². The number of hydrogen-bond acceptors (Lipinski definition) is 6. The van der Waals surface area contributed by atoms with Crippen molar-refractivity contribution in [3.63, 3.8) is 0 Å². The zero-order valence-electron chi connectivity index (χ0n) is 19.2. The monoisotopic (exact) mass is 473 g/mol. The van der Waals surface area contributed by atoms with Crippen LogP contribution in [0.3, 0.4) is 0 Å². The molecule has 8 nitrogen and oxygen atoms in total. The van der Waals surface area contributed by atoms with Gasteiger partial charge in [-0.05, 0) is 12.5 Å². The molecule has 0 saturated heterocycles. The quantitative estimate of drug-likeness (QED) is 0.475. The lowest BCUT2D eigenvalue weighted by molar-refractivity contribution is 0.0831. The van der Waals surface area contributed by atoms with Gasteiger partial charge in [0.25, 0.3) is 17.4 Å². The van der Waals surface area contributed by atoms with Gasteiger partial charge in [-0.1, -0.05) is 72.0 Å². The van der Waals surface area contributed by atoms with E-state index >= 15 is 0 Å². The molecule has 0 aliphatic rings. The molecule has 9 heteroatoms. The summed E-state index contributed by atoms with van der Waals surface area (Å²) in [5.41, 5.74) is 2.34. The normalized spacial score (nSPS) is 10.7. The van der Waals surface area contributed by atoms with Crippen LogP contribution in [0, 0.1) is 6.92 Å². The topological polar surface area (TPSA) is 97.2 Å². The second-order valence-electron chi connectivity index (χ2n) is 7.85. The van der Waals surface area contributed by atoms with Gasteiger partial charge in [-0.15, -0.1) is 0 Å². The molecule has 0 saturated carbocycles. The first-order chi connectivity index (χ1) is 16.3. The van der Waals surface area contributed by atoms with Crippen molar-refractivity contribution in [3.05, 3.63) is 87.2 Å². The Labute approximate surface area is 200 Å². The van der Waals surface area contributed by atoms with Crippen LogP contribution >= 0.6 is 11.3 Å². The number of aryl methyl sites for hydroxylation is 2. The van der Waals surface area contributed by atoms with E-state index in [-0.39, 0.29) is 16.6 Å². The minimum Gasteiger partial charge on any atom is -0.344 e. The Morgan fingerprint density at radius 2 is 1.56 bits per heavy atom. The number of carbonyl (C=O) groups excluding carboxylic acids is 2. The van der Waals surface area contributed by atoms with Crippen LogP contribution in [-0.2, 0) is 7.05 Å². The summed E-state index contributed by atoms with van der Waals surface area (Å²) < 4.78 is 1.16. The molecule has 4 aromatic rings. The molecule has 0 aliphatic heterocycles. The van der Waals surface area contributed by atoms with Gasteiger partial charge in [-0.3, -0.25) is 19.7 Å². The largest absolute Gasteiger partial charge is 0.344 e. The number of rotatable bonds is 5. The number of nitrogens with one attached hydrogen (secondary N) is 1. The predicted octanol–water partition coefficient (Wildman–Crippen LogP) is 3.83. The Morgan fingerprint density at radius 3 is 2.15 bits per heavy atom. The second-order valence-corrected chi connectivity index (χ2v) is 8.85. The molecule has 1 N–H and O–H groups in total. The summed E-state index contributed by atoms with van der Waals surface area (Å²) in [6.07, 6.45) is 0. The molecule has 0 unspecified atom stereocenters. The van der Waals surface area contributed by atoms with Crippen molar-refractivity contribution in [1.82, 2.24) is 19.7 Å². The van der Waals surface area contributed by atoms with Gasteiger partial charge in [0, 0.05) is 32.3 Å². The van der Waals surface area contributed by atoms with Crippen LogP contribution in [0.1, 0.15) is 25.7 Å². The number of amides is 2. The summed E-state index contributed by atoms with van der Waals surface area (Å²) in [7, 11) is 4.82. The van der Waals surface area contributed by atoms with Crippen molar-refractivity contribution in [2.75, 3.05) is 19.4 Å². The number of nitrogens with zero attached hydrogens (tertiary/aromatic N) is 4. The molecule has 0 radical (unpaired) electrons. The molecule has 0 atom stereocenters. The smallest absolute Gasteiger partial charge is 0.280 e. The van der Waals surface area contributed by atoms with Crippen LogP contribution in [0.15, 0.2) is 65.5 Å². The molecule has 172 valence electrons. The minimum absolute atomic E-state index is 0.0455. The van der Waals surface area contributed by atoms with E-state index in [0.29, 0.717) is 27.4 Å². The van der Waals surface area contributed by atoms with Crippen molar-refractivity contribution < 1.29 is 9.59 Å². The predicted molar refractivity (Wildman–Crippen MR) is 133 cm³/mol. The van der Waals surface area contributed by atoms with Crippen LogP contribution in [0.25, 0.3) is 22.4 Å². The minimum atomic E-state index is -0.614. The second kappa shape index (κ2) is 9.40. The highest BCUT2D eigenvalue weighted by Gasteiger charge is 2.26. The van der Waals surface area contributed by atoms with E-state index < -0.39 is 11.5 Å².